The van der Waals surface area contributed by atoms with Gasteiger partial charge in [0.05, 0.1) is 12.0 Å². The van der Waals surface area contributed by atoms with Crippen LogP contribution < -0.4 is 0 Å². The Morgan fingerprint density at radius 1 is 1.50 bits per heavy atom. The molecule has 3 heteroatoms. The second-order valence-electron chi connectivity index (χ2n) is 1.81. The molecule has 1 aliphatic carbocycles. The molecule has 0 aliphatic heterocycles. The first-order valence-corrected chi connectivity index (χ1v) is 3.17. The number of hydrogen-bond donors (Lipinski definition) is 0. The van der Waals surface area contributed by atoms with Gasteiger partial charge >= 0.3 is 0 Å². The SMILES string of the molecule is COC1=CC(=S)C(=O)C=C1. The molecule has 1 rings (SSSR count). The van der Waals surface area contributed by atoms with E-state index in [2.05, 4.69) is 0 Å². The minimum Gasteiger partial charge on any atom is -0.497 e. The first-order valence-electron chi connectivity index (χ1n) is 2.76. The second kappa shape index (κ2) is 2.75. The standard InChI is InChI=1S/C7H6O2S/c1-9-5-2-3-6(8)7(10)4-5/h2-4H,1H3. The molecule has 0 saturated carbocycles. The maximum Gasteiger partial charge on any atom is 0.196 e. The van der Waals surface area contributed by atoms with Gasteiger partial charge in [0.1, 0.15) is 5.76 Å². The van der Waals surface area contributed by atoms with Crippen molar-refractivity contribution in [1.82, 2.24) is 0 Å². The van der Waals surface area contributed by atoms with Crippen LogP contribution in [0.3, 0.4) is 0 Å². The monoisotopic (exact) mass is 154 g/mol. The summed E-state index contributed by atoms with van der Waals surface area (Å²) in [4.78, 5) is 11.0. The van der Waals surface area contributed by atoms with Crippen molar-refractivity contribution in [2.45, 2.75) is 0 Å². The fourth-order valence-corrected chi connectivity index (χ4v) is 0.800. The number of rotatable bonds is 1. The third-order valence-electron chi connectivity index (χ3n) is 1.15. The molecule has 0 fully saturated rings. The van der Waals surface area contributed by atoms with Gasteiger partial charge in [-0.1, -0.05) is 12.2 Å². The Hall–Kier alpha value is -0.960. The van der Waals surface area contributed by atoms with Gasteiger partial charge in [0, 0.05) is 6.08 Å². The van der Waals surface area contributed by atoms with E-state index in [-0.39, 0.29) is 5.78 Å². The number of ketones is 1. The molecule has 0 spiro atoms. The summed E-state index contributed by atoms with van der Waals surface area (Å²) < 4.78 is 4.84. The average Bonchev–Trinajstić information content (AvgIpc) is 1.95. The molecule has 1 aliphatic rings. The molecular weight excluding hydrogens is 148 g/mol. The first kappa shape index (κ1) is 7.15. The van der Waals surface area contributed by atoms with Crippen LogP contribution in [-0.2, 0) is 9.53 Å². The van der Waals surface area contributed by atoms with Gasteiger partial charge in [0.2, 0.25) is 0 Å². The molecule has 0 aromatic rings. The molecule has 52 valence electrons. The molecule has 10 heavy (non-hydrogen) atoms. The van der Waals surface area contributed by atoms with Crippen molar-refractivity contribution in [2.75, 3.05) is 7.11 Å². The van der Waals surface area contributed by atoms with E-state index in [1.165, 1.54) is 19.3 Å². The van der Waals surface area contributed by atoms with Crippen molar-refractivity contribution in [2.24, 2.45) is 0 Å². The minimum atomic E-state index is -0.129. The number of thiocarbonyl (C=S) groups is 1. The highest BCUT2D eigenvalue weighted by atomic mass is 32.1. The summed E-state index contributed by atoms with van der Waals surface area (Å²) in [5.74, 6) is 0.500. The van der Waals surface area contributed by atoms with Crippen molar-refractivity contribution in [1.29, 1.82) is 0 Å². The smallest absolute Gasteiger partial charge is 0.196 e. The quantitative estimate of drug-likeness (QED) is 0.527. The van der Waals surface area contributed by atoms with E-state index in [0.29, 0.717) is 10.6 Å². The Labute approximate surface area is 64.2 Å². The second-order valence-corrected chi connectivity index (χ2v) is 2.25. The Morgan fingerprint density at radius 3 is 2.70 bits per heavy atom. The molecule has 0 saturated heterocycles. The van der Waals surface area contributed by atoms with Crippen LogP contribution in [0.5, 0.6) is 0 Å². The molecule has 0 atom stereocenters. The van der Waals surface area contributed by atoms with Gasteiger partial charge in [-0.25, -0.2) is 0 Å². The Morgan fingerprint density at radius 2 is 2.20 bits per heavy atom. The third-order valence-corrected chi connectivity index (χ3v) is 1.47. The number of carbonyl (C=O) groups excluding carboxylic acids is 1. The van der Waals surface area contributed by atoms with E-state index in [4.69, 9.17) is 17.0 Å². The highest BCUT2D eigenvalue weighted by Gasteiger charge is 2.08. The minimum absolute atomic E-state index is 0.129. The van der Waals surface area contributed by atoms with E-state index in [1.54, 1.807) is 6.08 Å². The van der Waals surface area contributed by atoms with Crippen molar-refractivity contribution in [3.05, 3.63) is 24.0 Å². The molecule has 0 radical (unpaired) electrons. The van der Waals surface area contributed by atoms with Crippen LogP contribution in [0.2, 0.25) is 0 Å². The van der Waals surface area contributed by atoms with Crippen molar-refractivity contribution >= 4 is 22.9 Å². The Balaban J connectivity index is 2.86. The molecular formula is C7H6O2S. The van der Waals surface area contributed by atoms with Gasteiger partial charge in [-0.15, -0.1) is 0 Å². The number of ether oxygens (including phenoxy) is 1. The van der Waals surface area contributed by atoms with Gasteiger partial charge in [0.15, 0.2) is 5.78 Å². The predicted molar refractivity (Wildman–Crippen MR) is 41.8 cm³/mol. The van der Waals surface area contributed by atoms with Gasteiger partial charge in [0.25, 0.3) is 0 Å². The molecule has 0 aromatic carbocycles. The molecule has 0 amide bonds. The summed E-state index contributed by atoms with van der Waals surface area (Å²) in [5.41, 5.74) is 0. The number of methoxy groups -OCH3 is 1. The summed E-state index contributed by atoms with van der Waals surface area (Å²) >= 11 is 4.71. The van der Waals surface area contributed by atoms with Crippen LogP contribution in [-0.4, -0.2) is 17.8 Å². The summed E-state index contributed by atoms with van der Waals surface area (Å²) in [6, 6.07) is 0. The number of hydrogen-bond acceptors (Lipinski definition) is 3. The fourth-order valence-electron chi connectivity index (χ4n) is 0.615. The van der Waals surface area contributed by atoms with E-state index >= 15 is 0 Å². The molecule has 0 aromatic heterocycles. The van der Waals surface area contributed by atoms with E-state index in [0.717, 1.165) is 0 Å². The van der Waals surface area contributed by atoms with E-state index in [9.17, 15) is 4.79 Å². The zero-order valence-electron chi connectivity index (χ0n) is 5.46. The van der Waals surface area contributed by atoms with Crippen molar-refractivity contribution < 1.29 is 9.53 Å². The highest BCUT2D eigenvalue weighted by Crippen LogP contribution is 2.05. The maximum atomic E-state index is 10.7. The summed E-state index contributed by atoms with van der Waals surface area (Å²) in [7, 11) is 1.54. The zero-order valence-corrected chi connectivity index (χ0v) is 6.27. The van der Waals surface area contributed by atoms with E-state index in [1.807, 2.05) is 0 Å². The van der Waals surface area contributed by atoms with E-state index < -0.39 is 0 Å². The lowest BCUT2D eigenvalue weighted by Crippen LogP contribution is -2.09. The molecule has 0 unspecified atom stereocenters. The summed E-state index contributed by atoms with van der Waals surface area (Å²) in [5, 5.41) is 0. The lowest BCUT2D eigenvalue weighted by atomic mass is 10.1. The van der Waals surface area contributed by atoms with Crippen LogP contribution in [0.1, 0.15) is 0 Å². The van der Waals surface area contributed by atoms with Crippen LogP contribution >= 0.6 is 12.2 Å². The number of allylic oxidation sites excluding steroid dienone is 3. The first-order chi connectivity index (χ1) is 4.74. The molecule has 0 heterocycles. The van der Waals surface area contributed by atoms with Crippen LogP contribution in [0, 0.1) is 0 Å². The Kier molecular flexibility index (Phi) is 1.97. The van der Waals surface area contributed by atoms with Gasteiger partial charge in [-0.05, 0) is 12.2 Å². The van der Waals surface area contributed by atoms with Gasteiger partial charge < -0.3 is 4.74 Å². The Bertz CT molecular complexity index is 238. The fraction of sp³-hybridized carbons (Fsp3) is 0.143. The van der Waals surface area contributed by atoms with Crippen LogP contribution in [0.15, 0.2) is 24.0 Å². The lowest BCUT2D eigenvalue weighted by Gasteiger charge is -2.03. The van der Waals surface area contributed by atoms with Gasteiger partial charge in [-0.3, -0.25) is 4.79 Å². The zero-order chi connectivity index (χ0) is 7.56. The van der Waals surface area contributed by atoms with Gasteiger partial charge in [-0.2, -0.15) is 0 Å². The van der Waals surface area contributed by atoms with Crippen molar-refractivity contribution in [3.63, 3.8) is 0 Å². The topological polar surface area (TPSA) is 26.3 Å². The largest absolute Gasteiger partial charge is 0.497 e. The predicted octanol–water partition coefficient (Wildman–Crippen LogP) is 1.03. The highest BCUT2D eigenvalue weighted by molar-refractivity contribution is 7.82. The average molecular weight is 154 g/mol. The lowest BCUT2D eigenvalue weighted by molar-refractivity contribution is -0.108. The van der Waals surface area contributed by atoms with Crippen LogP contribution in [0.4, 0.5) is 0 Å². The summed E-state index contributed by atoms with van der Waals surface area (Å²) in [6.07, 6.45) is 4.54. The van der Waals surface area contributed by atoms with Crippen LogP contribution in [0.25, 0.3) is 0 Å². The maximum absolute atomic E-state index is 10.7. The van der Waals surface area contributed by atoms with Crippen molar-refractivity contribution in [3.8, 4) is 0 Å². The molecule has 2 nitrogen and oxygen atoms in total. The third kappa shape index (κ3) is 1.30. The normalized spacial score (nSPS) is 17.1. The summed E-state index contributed by atoms with van der Waals surface area (Å²) in [6.45, 7) is 0. The number of carbonyl (C=O) groups is 1. The molecule has 0 N–H and O–H groups in total. The molecule has 0 bridgehead atoms.